The first-order valence-corrected chi connectivity index (χ1v) is 5.80. The monoisotopic (exact) mass is 182 g/mol. The van der Waals surface area contributed by atoms with Gasteiger partial charge in [0.2, 0.25) is 0 Å². The average Bonchev–Trinajstić information content (AvgIpc) is 2.19. The number of hydrogen-bond donors (Lipinski definition) is 2. The maximum atomic E-state index is 3.53. The smallest absolute Gasteiger partial charge is 0.00414 e. The van der Waals surface area contributed by atoms with Gasteiger partial charge in [-0.25, -0.2) is 0 Å². The van der Waals surface area contributed by atoms with Crippen LogP contribution in [0.5, 0.6) is 0 Å². The van der Waals surface area contributed by atoms with E-state index in [-0.39, 0.29) is 0 Å². The molecule has 0 amide bonds. The van der Waals surface area contributed by atoms with Crippen LogP contribution in [0.2, 0.25) is 0 Å². The van der Waals surface area contributed by atoms with Crippen LogP contribution in [0.3, 0.4) is 0 Å². The Bertz CT molecular complexity index is 152. The van der Waals surface area contributed by atoms with Crippen molar-refractivity contribution in [3.8, 4) is 0 Å². The number of nitrogens with one attached hydrogen (secondary N) is 2. The Hall–Kier alpha value is -0.0800. The van der Waals surface area contributed by atoms with Gasteiger partial charge in [-0.05, 0) is 64.1 Å². The summed E-state index contributed by atoms with van der Waals surface area (Å²) in [5.41, 5.74) is 0. The van der Waals surface area contributed by atoms with Gasteiger partial charge >= 0.3 is 0 Å². The molecular formula is C11H22N2. The SMILES string of the molecule is CC1CC(C2CCCNC2)CCN1. The summed E-state index contributed by atoms with van der Waals surface area (Å²) in [6.45, 7) is 6.08. The van der Waals surface area contributed by atoms with Gasteiger partial charge in [-0.3, -0.25) is 0 Å². The zero-order valence-electron chi connectivity index (χ0n) is 8.68. The molecule has 76 valence electrons. The van der Waals surface area contributed by atoms with Crippen LogP contribution < -0.4 is 10.6 Å². The summed E-state index contributed by atoms with van der Waals surface area (Å²) < 4.78 is 0. The molecule has 0 aromatic heterocycles. The van der Waals surface area contributed by atoms with E-state index >= 15 is 0 Å². The topological polar surface area (TPSA) is 24.1 Å². The lowest BCUT2D eigenvalue weighted by molar-refractivity contribution is 0.193. The fourth-order valence-corrected chi connectivity index (χ4v) is 2.88. The highest BCUT2D eigenvalue weighted by molar-refractivity contribution is 4.83. The maximum absolute atomic E-state index is 3.53. The minimum absolute atomic E-state index is 0.751. The summed E-state index contributed by atoms with van der Waals surface area (Å²) in [6, 6.07) is 0.751. The summed E-state index contributed by atoms with van der Waals surface area (Å²) >= 11 is 0. The van der Waals surface area contributed by atoms with Gasteiger partial charge in [0.1, 0.15) is 0 Å². The minimum Gasteiger partial charge on any atom is -0.316 e. The first kappa shape index (κ1) is 9.47. The molecule has 2 rings (SSSR count). The highest BCUT2D eigenvalue weighted by atomic mass is 14.9. The number of hydrogen-bond acceptors (Lipinski definition) is 2. The molecule has 2 aliphatic rings. The van der Waals surface area contributed by atoms with E-state index in [1.165, 1.54) is 45.3 Å². The molecule has 2 heteroatoms. The molecule has 0 radical (unpaired) electrons. The van der Waals surface area contributed by atoms with E-state index in [9.17, 15) is 0 Å². The third-order valence-electron chi connectivity index (χ3n) is 3.67. The van der Waals surface area contributed by atoms with Gasteiger partial charge in [-0.1, -0.05) is 0 Å². The van der Waals surface area contributed by atoms with E-state index in [0.717, 1.165) is 17.9 Å². The second-order valence-corrected chi connectivity index (χ2v) is 4.75. The summed E-state index contributed by atoms with van der Waals surface area (Å²) in [4.78, 5) is 0. The van der Waals surface area contributed by atoms with Crippen molar-refractivity contribution in [2.24, 2.45) is 11.8 Å². The van der Waals surface area contributed by atoms with E-state index in [2.05, 4.69) is 17.6 Å². The predicted octanol–water partition coefficient (Wildman–Crippen LogP) is 1.37. The van der Waals surface area contributed by atoms with Gasteiger partial charge in [0.25, 0.3) is 0 Å². The minimum atomic E-state index is 0.751. The molecule has 3 atom stereocenters. The van der Waals surface area contributed by atoms with E-state index in [0.29, 0.717) is 0 Å². The van der Waals surface area contributed by atoms with Crippen molar-refractivity contribution in [3.05, 3.63) is 0 Å². The Labute approximate surface area is 81.5 Å². The normalized spacial score (nSPS) is 41.8. The Morgan fingerprint density at radius 1 is 1.08 bits per heavy atom. The van der Waals surface area contributed by atoms with Crippen LogP contribution in [0.15, 0.2) is 0 Å². The van der Waals surface area contributed by atoms with Crippen LogP contribution in [-0.2, 0) is 0 Å². The molecule has 2 nitrogen and oxygen atoms in total. The zero-order chi connectivity index (χ0) is 9.10. The van der Waals surface area contributed by atoms with E-state index in [1.807, 2.05) is 0 Å². The molecule has 2 N–H and O–H groups in total. The van der Waals surface area contributed by atoms with Gasteiger partial charge in [-0.15, -0.1) is 0 Å². The summed E-state index contributed by atoms with van der Waals surface area (Å²) in [6.07, 6.45) is 5.65. The molecule has 0 saturated carbocycles. The average molecular weight is 182 g/mol. The number of rotatable bonds is 1. The van der Waals surface area contributed by atoms with E-state index in [1.54, 1.807) is 0 Å². The summed E-state index contributed by atoms with van der Waals surface area (Å²) in [5, 5.41) is 7.06. The molecule has 0 aliphatic carbocycles. The van der Waals surface area contributed by atoms with Crippen molar-refractivity contribution < 1.29 is 0 Å². The standard InChI is InChI=1S/C11H22N2/c1-9-7-10(4-6-13-9)11-3-2-5-12-8-11/h9-13H,2-8H2,1H3. The Balaban J connectivity index is 1.83. The third-order valence-corrected chi connectivity index (χ3v) is 3.67. The van der Waals surface area contributed by atoms with E-state index < -0.39 is 0 Å². The molecule has 13 heavy (non-hydrogen) atoms. The fraction of sp³-hybridized carbons (Fsp3) is 1.00. The van der Waals surface area contributed by atoms with Crippen molar-refractivity contribution in [2.75, 3.05) is 19.6 Å². The first-order valence-electron chi connectivity index (χ1n) is 5.80. The quantitative estimate of drug-likeness (QED) is 0.640. The largest absolute Gasteiger partial charge is 0.316 e. The highest BCUT2D eigenvalue weighted by Gasteiger charge is 2.27. The van der Waals surface area contributed by atoms with Crippen LogP contribution in [0.4, 0.5) is 0 Å². The Kier molecular flexibility index (Phi) is 3.23. The van der Waals surface area contributed by atoms with Crippen molar-refractivity contribution >= 4 is 0 Å². The van der Waals surface area contributed by atoms with Gasteiger partial charge in [0.15, 0.2) is 0 Å². The van der Waals surface area contributed by atoms with Crippen LogP contribution in [0.25, 0.3) is 0 Å². The zero-order valence-corrected chi connectivity index (χ0v) is 8.68. The van der Waals surface area contributed by atoms with Crippen molar-refractivity contribution in [1.29, 1.82) is 0 Å². The molecule has 2 aliphatic heterocycles. The van der Waals surface area contributed by atoms with Gasteiger partial charge < -0.3 is 10.6 Å². The van der Waals surface area contributed by atoms with Gasteiger partial charge in [0.05, 0.1) is 0 Å². The van der Waals surface area contributed by atoms with Crippen LogP contribution in [0, 0.1) is 11.8 Å². The second kappa shape index (κ2) is 4.43. The lowest BCUT2D eigenvalue weighted by Crippen LogP contribution is -2.42. The van der Waals surface area contributed by atoms with E-state index in [4.69, 9.17) is 0 Å². The Morgan fingerprint density at radius 2 is 2.00 bits per heavy atom. The molecule has 0 aromatic carbocycles. The Morgan fingerprint density at radius 3 is 2.69 bits per heavy atom. The second-order valence-electron chi connectivity index (χ2n) is 4.75. The van der Waals surface area contributed by atoms with Gasteiger partial charge in [-0.2, -0.15) is 0 Å². The highest BCUT2D eigenvalue weighted by Crippen LogP contribution is 2.28. The molecular weight excluding hydrogens is 160 g/mol. The van der Waals surface area contributed by atoms with Crippen molar-refractivity contribution in [1.82, 2.24) is 10.6 Å². The summed E-state index contributed by atoms with van der Waals surface area (Å²) in [5.74, 6) is 1.96. The molecule has 0 spiro atoms. The van der Waals surface area contributed by atoms with Crippen LogP contribution in [-0.4, -0.2) is 25.7 Å². The molecule has 3 unspecified atom stereocenters. The molecule has 2 heterocycles. The lowest BCUT2D eigenvalue weighted by Gasteiger charge is -2.36. The number of piperidine rings is 2. The molecule has 2 saturated heterocycles. The van der Waals surface area contributed by atoms with Crippen LogP contribution in [0.1, 0.15) is 32.6 Å². The molecule has 0 aromatic rings. The molecule has 2 fully saturated rings. The summed E-state index contributed by atoms with van der Waals surface area (Å²) in [7, 11) is 0. The van der Waals surface area contributed by atoms with Gasteiger partial charge in [0, 0.05) is 6.04 Å². The van der Waals surface area contributed by atoms with Crippen molar-refractivity contribution in [2.45, 2.75) is 38.6 Å². The van der Waals surface area contributed by atoms with Crippen LogP contribution >= 0.6 is 0 Å². The lowest BCUT2D eigenvalue weighted by atomic mass is 9.79. The maximum Gasteiger partial charge on any atom is 0.00414 e. The fourth-order valence-electron chi connectivity index (χ4n) is 2.88. The first-order chi connectivity index (χ1) is 6.36. The molecule has 0 bridgehead atoms. The predicted molar refractivity (Wildman–Crippen MR) is 55.8 cm³/mol. The third kappa shape index (κ3) is 2.44. The van der Waals surface area contributed by atoms with Crippen molar-refractivity contribution in [3.63, 3.8) is 0 Å².